The van der Waals surface area contributed by atoms with Crippen molar-refractivity contribution in [2.45, 2.75) is 13.8 Å². The highest BCUT2D eigenvalue weighted by atomic mass is 32.3. The zero-order valence-electron chi connectivity index (χ0n) is 9.01. The summed E-state index contributed by atoms with van der Waals surface area (Å²) in [4.78, 5) is 3.87. The molecule has 0 amide bonds. The molecule has 0 bridgehead atoms. The lowest BCUT2D eigenvalue weighted by atomic mass is 10.4. The zero-order chi connectivity index (χ0) is 11.2. The monoisotopic (exact) mass is 218 g/mol. The number of nitrogens with zero attached hydrogens (tertiary/aromatic N) is 2. The van der Waals surface area contributed by atoms with Crippen LogP contribution in [0.15, 0.2) is 24.5 Å². The van der Waals surface area contributed by atoms with Crippen molar-refractivity contribution < 1.29 is 9.11 Å². The molecule has 5 heteroatoms. The van der Waals surface area contributed by atoms with Gasteiger partial charge in [-0.3, -0.25) is 18.4 Å². The zero-order valence-corrected chi connectivity index (χ0v) is 9.82. The highest BCUT2D eigenvalue weighted by molar-refractivity contribution is 8.24. The lowest BCUT2D eigenvalue weighted by molar-refractivity contribution is 0.493. The molecule has 0 aromatic carbocycles. The van der Waals surface area contributed by atoms with E-state index in [1.165, 1.54) is 10.6 Å². The summed E-state index contributed by atoms with van der Waals surface area (Å²) in [7, 11) is -1.05. The summed E-state index contributed by atoms with van der Waals surface area (Å²) in [6, 6.07) is 3.52. The van der Waals surface area contributed by atoms with Crippen molar-refractivity contribution >= 4 is 16.5 Å². The molecule has 0 radical (unpaired) electrons. The molecule has 0 aliphatic carbocycles. The van der Waals surface area contributed by atoms with Crippen molar-refractivity contribution in [1.82, 2.24) is 4.98 Å². The second-order valence-electron chi connectivity index (χ2n) is 2.50. The summed E-state index contributed by atoms with van der Waals surface area (Å²) in [5.41, 5.74) is 0.694. The van der Waals surface area contributed by atoms with Gasteiger partial charge in [0.2, 0.25) is 0 Å². The topological polar surface area (TPSA) is 56.6 Å². The van der Waals surface area contributed by atoms with Crippen LogP contribution < -0.4 is 4.31 Å². The Morgan fingerprint density at radius 3 is 2.29 bits per heavy atom. The number of hydrogen-bond acceptors (Lipinski definition) is 4. The van der Waals surface area contributed by atoms with Crippen LogP contribution in [0.25, 0.3) is 0 Å². The van der Waals surface area contributed by atoms with E-state index < -0.39 is 10.8 Å². The van der Waals surface area contributed by atoms with Crippen LogP contribution in [-0.2, 0) is 0 Å². The lowest BCUT2D eigenvalue weighted by Gasteiger charge is -2.38. The molecular weight excluding hydrogens is 200 g/mol. The summed E-state index contributed by atoms with van der Waals surface area (Å²) in [6.45, 7) is 4.00. The third-order valence-electron chi connectivity index (χ3n) is 1.53. The maximum Gasteiger partial charge on any atom is 0.0747 e. The molecule has 0 unspecified atom stereocenters. The van der Waals surface area contributed by atoms with Gasteiger partial charge in [0.25, 0.3) is 0 Å². The molecule has 1 heterocycles. The van der Waals surface area contributed by atoms with Crippen LogP contribution in [0.5, 0.6) is 0 Å². The van der Waals surface area contributed by atoms with Gasteiger partial charge in [0.05, 0.1) is 11.9 Å². The first-order chi connectivity index (χ1) is 6.52. The maximum atomic E-state index is 9.28. The molecule has 1 aromatic rings. The van der Waals surface area contributed by atoms with E-state index in [4.69, 9.17) is 0 Å². The first-order valence-electron chi connectivity index (χ1n) is 4.39. The molecule has 2 N–H and O–H groups in total. The van der Waals surface area contributed by atoms with Crippen molar-refractivity contribution in [3.8, 4) is 0 Å². The van der Waals surface area contributed by atoms with E-state index >= 15 is 0 Å². The van der Waals surface area contributed by atoms with E-state index in [1.54, 1.807) is 31.6 Å². The minimum absolute atomic E-state index is 0.694. The minimum Gasteiger partial charge on any atom is -0.282 e. The van der Waals surface area contributed by atoms with Crippen LogP contribution in [-0.4, -0.2) is 27.4 Å². The standard InChI is InChI=1S/C7H12N2O2S.C2H6/c1-9(12(2,10)11)7-4-3-5-8-6-7;1-2/h3-6,10-11H,1-2H3;1-2H3. The molecule has 14 heavy (non-hydrogen) atoms. The molecule has 82 valence electrons. The van der Waals surface area contributed by atoms with Crippen molar-refractivity contribution in [1.29, 1.82) is 0 Å². The fourth-order valence-electron chi connectivity index (χ4n) is 0.740. The van der Waals surface area contributed by atoms with Crippen molar-refractivity contribution in [3.05, 3.63) is 24.5 Å². The van der Waals surface area contributed by atoms with E-state index in [2.05, 4.69) is 4.98 Å². The number of hydrogen-bond donors (Lipinski definition) is 2. The second-order valence-corrected chi connectivity index (χ2v) is 4.63. The van der Waals surface area contributed by atoms with Crippen LogP contribution in [0.4, 0.5) is 5.69 Å². The van der Waals surface area contributed by atoms with Crippen molar-refractivity contribution in [2.75, 3.05) is 17.6 Å². The Morgan fingerprint density at radius 2 is 1.93 bits per heavy atom. The van der Waals surface area contributed by atoms with Gasteiger partial charge in [-0.15, -0.1) is 10.8 Å². The Kier molecular flexibility index (Phi) is 5.52. The molecule has 4 nitrogen and oxygen atoms in total. The summed E-state index contributed by atoms with van der Waals surface area (Å²) in [5, 5.41) is 0. The SMILES string of the molecule is CC.CN(c1cccnc1)S(C)(O)O. The van der Waals surface area contributed by atoms with Gasteiger partial charge in [0.15, 0.2) is 0 Å². The molecule has 0 aliphatic rings. The van der Waals surface area contributed by atoms with Gasteiger partial charge in [-0.25, -0.2) is 0 Å². The molecule has 1 aromatic heterocycles. The quantitative estimate of drug-likeness (QED) is 0.801. The van der Waals surface area contributed by atoms with Crippen molar-refractivity contribution in [3.63, 3.8) is 0 Å². The third-order valence-corrected chi connectivity index (χ3v) is 2.78. The van der Waals surface area contributed by atoms with E-state index in [0.717, 1.165) is 0 Å². The summed E-state index contributed by atoms with van der Waals surface area (Å²) >= 11 is 0. The van der Waals surface area contributed by atoms with E-state index in [9.17, 15) is 9.11 Å². The van der Waals surface area contributed by atoms with Gasteiger partial charge < -0.3 is 0 Å². The fourth-order valence-corrected chi connectivity index (χ4v) is 1.25. The molecule has 1 rings (SSSR count). The van der Waals surface area contributed by atoms with Crippen LogP contribution in [0.1, 0.15) is 13.8 Å². The van der Waals surface area contributed by atoms with Crippen molar-refractivity contribution in [2.24, 2.45) is 0 Å². The van der Waals surface area contributed by atoms with Crippen LogP contribution in [0.2, 0.25) is 0 Å². The van der Waals surface area contributed by atoms with Gasteiger partial charge in [0, 0.05) is 19.5 Å². The number of pyridine rings is 1. The number of anilines is 1. The molecule has 0 saturated heterocycles. The van der Waals surface area contributed by atoms with Gasteiger partial charge in [-0.1, -0.05) is 13.8 Å². The Labute approximate surface area is 87.1 Å². The van der Waals surface area contributed by atoms with Gasteiger partial charge in [-0.2, -0.15) is 0 Å². The summed E-state index contributed by atoms with van der Waals surface area (Å²) in [6.07, 6.45) is 4.59. The first-order valence-corrected chi connectivity index (χ1v) is 6.30. The maximum absolute atomic E-state index is 9.28. The summed E-state index contributed by atoms with van der Waals surface area (Å²) in [5.74, 6) is 0. The molecule has 0 atom stereocenters. The summed E-state index contributed by atoms with van der Waals surface area (Å²) < 4.78 is 20.0. The molecule has 0 spiro atoms. The molecular formula is C9H18N2O2S. The predicted molar refractivity (Wildman–Crippen MR) is 62.8 cm³/mol. The smallest absolute Gasteiger partial charge is 0.0747 e. The lowest BCUT2D eigenvalue weighted by Crippen LogP contribution is -2.21. The molecule has 0 saturated carbocycles. The Balaban J connectivity index is 0.000000791. The van der Waals surface area contributed by atoms with Crippen LogP contribution in [0, 0.1) is 0 Å². The largest absolute Gasteiger partial charge is 0.282 e. The van der Waals surface area contributed by atoms with Gasteiger partial charge >= 0.3 is 0 Å². The Bertz CT molecular complexity index is 249. The van der Waals surface area contributed by atoms with Gasteiger partial charge in [0.1, 0.15) is 0 Å². The van der Waals surface area contributed by atoms with Gasteiger partial charge in [-0.05, 0) is 12.1 Å². The fraction of sp³-hybridized carbons (Fsp3) is 0.444. The predicted octanol–water partition coefficient (Wildman–Crippen LogP) is 2.84. The second kappa shape index (κ2) is 5.85. The first kappa shape index (κ1) is 13.2. The molecule has 0 fully saturated rings. The average molecular weight is 218 g/mol. The Morgan fingerprint density at radius 1 is 1.36 bits per heavy atom. The van der Waals surface area contributed by atoms with Crippen LogP contribution in [0.3, 0.4) is 0 Å². The number of rotatable bonds is 2. The van der Waals surface area contributed by atoms with E-state index in [0.29, 0.717) is 5.69 Å². The molecule has 0 aliphatic heterocycles. The minimum atomic E-state index is -2.66. The average Bonchev–Trinajstić information content (AvgIpc) is 2.20. The normalized spacial score (nSPS) is 11.3. The third kappa shape index (κ3) is 3.95. The highest BCUT2D eigenvalue weighted by Crippen LogP contribution is 2.40. The van der Waals surface area contributed by atoms with Crippen LogP contribution >= 0.6 is 10.8 Å². The highest BCUT2D eigenvalue weighted by Gasteiger charge is 2.12. The van der Waals surface area contributed by atoms with E-state index in [1.807, 2.05) is 13.8 Å². The Hall–Kier alpha value is -0.780. The van der Waals surface area contributed by atoms with E-state index in [-0.39, 0.29) is 0 Å². The number of aromatic nitrogens is 1.